The van der Waals surface area contributed by atoms with E-state index in [0.717, 1.165) is 18.5 Å². The number of hydrogen-bond acceptors (Lipinski definition) is 5. The molecule has 0 radical (unpaired) electrons. The van der Waals surface area contributed by atoms with Gasteiger partial charge >= 0.3 is 5.97 Å². The molecule has 0 fully saturated rings. The van der Waals surface area contributed by atoms with Crippen molar-refractivity contribution in [2.24, 2.45) is 0 Å². The number of hydrogen-bond donors (Lipinski definition) is 1. The van der Waals surface area contributed by atoms with Gasteiger partial charge in [0.25, 0.3) is 0 Å². The van der Waals surface area contributed by atoms with Crippen LogP contribution in [0, 0.1) is 0 Å². The number of aromatic nitrogens is 1. The van der Waals surface area contributed by atoms with Gasteiger partial charge in [-0.1, -0.05) is 41.7 Å². The van der Waals surface area contributed by atoms with E-state index in [4.69, 9.17) is 4.74 Å². The fourth-order valence-corrected chi connectivity index (χ4v) is 2.86. The summed E-state index contributed by atoms with van der Waals surface area (Å²) >= 11 is 1.20. The van der Waals surface area contributed by atoms with E-state index in [1.165, 1.54) is 11.3 Å². The molecule has 0 saturated heterocycles. The third kappa shape index (κ3) is 3.80. The molecule has 5 nitrogen and oxygen atoms in total. The lowest BCUT2D eigenvalue weighted by atomic mass is 10.1. The third-order valence-electron chi connectivity index (χ3n) is 3.03. The zero-order valence-electron chi connectivity index (χ0n) is 12.1. The molecule has 1 aromatic carbocycles. The first-order valence-corrected chi connectivity index (χ1v) is 7.44. The standard InChI is InChI=1S/C15H18N2O3S/c1-17(9-6-10-20-2)15-16-12(13(21-15)14(18)19)11-7-4-3-5-8-11/h3-5,7-8H,6,9-10H2,1-2H3,(H,18,19). The van der Waals surface area contributed by atoms with E-state index < -0.39 is 5.97 Å². The van der Waals surface area contributed by atoms with Crippen LogP contribution >= 0.6 is 11.3 Å². The minimum Gasteiger partial charge on any atom is -0.477 e. The average molecular weight is 306 g/mol. The summed E-state index contributed by atoms with van der Waals surface area (Å²) in [6.07, 6.45) is 0.871. The Balaban J connectivity index is 2.27. The lowest BCUT2D eigenvalue weighted by Gasteiger charge is -2.14. The van der Waals surface area contributed by atoms with Crippen LogP contribution in [0.2, 0.25) is 0 Å². The molecule has 6 heteroatoms. The van der Waals surface area contributed by atoms with E-state index in [1.54, 1.807) is 7.11 Å². The van der Waals surface area contributed by atoms with E-state index in [9.17, 15) is 9.90 Å². The predicted molar refractivity (Wildman–Crippen MR) is 84.3 cm³/mol. The van der Waals surface area contributed by atoms with Gasteiger partial charge in [0.1, 0.15) is 4.88 Å². The number of carbonyl (C=O) groups is 1. The van der Waals surface area contributed by atoms with Crippen LogP contribution < -0.4 is 4.90 Å². The van der Waals surface area contributed by atoms with Gasteiger partial charge in [-0.05, 0) is 6.42 Å². The summed E-state index contributed by atoms with van der Waals surface area (Å²) in [5.41, 5.74) is 1.35. The smallest absolute Gasteiger partial charge is 0.348 e. The molecular formula is C15H18N2O3S. The SMILES string of the molecule is COCCCN(C)c1nc(-c2ccccc2)c(C(=O)O)s1. The van der Waals surface area contributed by atoms with Crippen LogP contribution in [0.4, 0.5) is 5.13 Å². The van der Waals surface area contributed by atoms with Gasteiger partial charge in [-0.15, -0.1) is 0 Å². The maximum atomic E-state index is 11.4. The first-order chi connectivity index (χ1) is 10.1. The summed E-state index contributed by atoms with van der Waals surface area (Å²) < 4.78 is 5.03. The Hall–Kier alpha value is -1.92. The summed E-state index contributed by atoms with van der Waals surface area (Å²) in [4.78, 5) is 18.2. The highest BCUT2D eigenvalue weighted by atomic mass is 32.1. The number of aromatic carboxylic acids is 1. The van der Waals surface area contributed by atoms with Crippen LogP contribution in [0.15, 0.2) is 30.3 Å². The summed E-state index contributed by atoms with van der Waals surface area (Å²) in [5.74, 6) is -0.942. The van der Waals surface area contributed by atoms with E-state index in [2.05, 4.69) is 4.98 Å². The molecule has 2 rings (SSSR count). The van der Waals surface area contributed by atoms with Gasteiger partial charge in [-0.25, -0.2) is 9.78 Å². The van der Waals surface area contributed by atoms with E-state index in [1.807, 2.05) is 42.3 Å². The second-order valence-corrected chi connectivity index (χ2v) is 5.59. The zero-order chi connectivity index (χ0) is 15.2. The van der Waals surface area contributed by atoms with Crippen molar-refractivity contribution < 1.29 is 14.6 Å². The second kappa shape index (κ2) is 7.19. The molecule has 21 heavy (non-hydrogen) atoms. The molecule has 0 bridgehead atoms. The van der Waals surface area contributed by atoms with Crippen molar-refractivity contribution in [1.29, 1.82) is 0 Å². The maximum absolute atomic E-state index is 11.4. The van der Waals surface area contributed by atoms with Gasteiger partial charge in [0.2, 0.25) is 0 Å². The molecule has 0 aliphatic carbocycles. The predicted octanol–water partition coefficient (Wildman–Crippen LogP) is 2.98. The minimum absolute atomic E-state index is 0.273. The van der Waals surface area contributed by atoms with Crippen molar-refractivity contribution in [2.75, 3.05) is 32.2 Å². The normalized spacial score (nSPS) is 10.6. The number of benzene rings is 1. The van der Waals surface area contributed by atoms with Crippen molar-refractivity contribution in [1.82, 2.24) is 4.98 Å². The van der Waals surface area contributed by atoms with Crippen molar-refractivity contribution in [3.8, 4) is 11.3 Å². The maximum Gasteiger partial charge on any atom is 0.348 e. The third-order valence-corrected chi connectivity index (χ3v) is 4.18. The van der Waals surface area contributed by atoms with Crippen LogP contribution in [-0.2, 0) is 4.74 Å². The largest absolute Gasteiger partial charge is 0.477 e. The topological polar surface area (TPSA) is 62.7 Å². The Kier molecular flexibility index (Phi) is 5.30. The van der Waals surface area contributed by atoms with E-state index in [0.29, 0.717) is 17.4 Å². The Labute approximate surface area is 127 Å². The van der Waals surface area contributed by atoms with Crippen LogP contribution in [0.3, 0.4) is 0 Å². The lowest BCUT2D eigenvalue weighted by molar-refractivity contribution is 0.0702. The average Bonchev–Trinajstić information content (AvgIpc) is 2.94. The van der Waals surface area contributed by atoms with Crippen molar-refractivity contribution in [3.05, 3.63) is 35.2 Å². The molecule has 0 aliphatic rings. The molecule has 0 unspecified atom stereocenters. The summed E-state index contributed by atoms with van der Waals surface area (Å²) in [7, 11) is 3.58. The Bertz CT molecular complexity index is 598. The van der Waals surface area contributed by atoms with Gasteiger partial charge in [0, 0.05) is 32.9 Å². The number of thiazole rings is 1. The van der Waals surface area contributed by atoms with Gasteiger partial charge in [-0.3, -0.25) is 0 Å². The van der Waals surface area contributed by atoms with E-state index in [-0.39, 0.29) is 4.88 Å². The van der Waals surface area contributed by atoms with Crippen LogP contribution in [0.1, 0.15) is 16.1 Å². The summed E-state index contributed by atoms with van der Waals surface area (Å²) in [6, 6.07) is 9.39. The number of anilines is 1. The van der Waals surface area contributed by atoms with Gasteiger partial charge < -0.3 is 14.7 Å². The number of ether oxygens (including phenoxy) is 1. The first-order valence-electron chi connectivity index (χ1n) is 6.63. The van der Waals surface area contributed by atoms with Crippen molar-refractivity contribution in [2.45, 2.75) is 6.42 Å². The van der Waals surface area contributed by atoms with Crippen LogP contribution in [0.25, 0.3) is 11.3 Å². The monoisotopic (exact) mass is 306 g/mol. The van der Waals surface area contributed by atoms with E-state index >= 15 is 0 Å². The Morgan fingerprint density at radius 2 is 2.10 bits per heavy atom. The van der Waals surface area contributed by atoms with Gasteiger partial charge in [-0.2, -0.15) is 0 Å². The molecule has 0 spiro atoms. The second-order valence-electron chi connectivity index (χ2n) is 4.61. The molecular weight excluding hydrogens is 288 g/mol. The molecule has 0 amide bonds. The van der Waals surface area contributed by atoms with Crippen LogP contribution in [-0.4, -0.2) is 43.4 Å². The Morgan fingerprint density at radius 3 is 2.71 bits per heavy atom. The van der Waals surface area contributed by atoms with Crippen molar-refractivity contribution in [3.63, 3.8) is 0 Å². The summed E-state index contributed by atoms with van der Waals surface area (Å²) in [6.45, 7) is 1.45. The molecule has 1 aromatic heterocycles. The lowest BCUT2D eigenvalue weighted by Crippen LogP contribution is -2.19. The highest BCUT2D eigenvalue weighted by molar-refractivity contribution is 7.17. The molecule has 0 saturated carbocycles. The van der Waals surface area contributed by atoms with Crippen LogP contribution in [0.5, 0.6) is 0 Å². The fraction of sp³-hybridized carbons (Fsp3) is 0.333. The summed E-state index contributed by atoms with van der Waals surface area (Å²) in [5, 5.41) is 10.1. The number of carboxylic acid groups (broad SMARTS) is 1. The molecule has 0 aliphatic heterocycles. The molecule has 1 heterocycles. The zero-order valence-corrected chi connectivity index (χ0v) is 12.9. The molecule has 112 valence electrons. The Morgan fingerprint density at radius 1 is 1.38 bits per heavy atom. The highest BCUT2D eigenvalue weighted by Crippen LogP contribution is 2.32. The molecule has 2 aromatic rings. The van der Waals surface area contributed by atoms with Gasteiger partial charge in [0.05, 0.1) is 5.69 Å². The van der Waals surface area contributed by atoms with Gasteiger partial charge in [0.15, 0.2) is 5.13 Å². The number of nitrogens with zero attached hydrogens (tertiary/aromatic N) is 2. The number of methoxy groups -OCH3 is 1. The van der Waals surface area contributed by atoms with Crippen molar-refractivity contribution >= 4 is 22.4 Å². The number of rotatable bonds is 7. The number of carboxylic acids is 1. The molecule has 0 atom stereocenters. The fourth-order valence-electron chi connectivity index (χ4n) is 1.95. The quantitative estimate of drug-likeness (QED) is 0.797. The highest BCUT2D eigenvalue weighted by Gasteiger charge is 2.20. The first kappa shape index (κ1) is 15.5. The minimum atomic E-state index is -0.942. The molecule has 1 N–H and O–H groups in total.